The average Bonchev–Trinajstić information content (AvgIpc) is 3.18. The first-order valence-corrected chi connectivity index (χ1v) is 10.4. The van der Waals surface area contributed by atoms with Crippen LogP contribution in [-0.4, -0.2) is 55.8 Å². The minimum Gasteiger partial charge on any atom is -0.506 e. The van der Waals surface area contributed by atoms with Gasteiger partial charge in [-0.2, -0.15) is 0 Å². The number of aromatic amines is 1. The lowest BCUT2D eigenvalue weighted by molar-refractivity contribution is 0.177. The number of nitrogens with one attached hydrogen (secondary N) is 3. The van der Waals surface area contributed by atoms with Crippen LogP contribution < -0.4 is 11.1 Å². The number of anilines is 2. The van der Waals surface area contributed by atoms with Gasteiger partial charge in [0, 0.05) is 30.6 Å². The fourth-order valence-corrected chi connectivity index (χ4v) is 4.16. The maximum Gasteiger partial charge on any atom is 0.141 e. The number of H-pyrrole nitrogens is 1. The lowest BCUT2D eigenvalue weighted by Crippen LogP contribution is -2.42. The molecule has 1 aliphatic rings. The molecule has 0 radical (unpaired) electrons. The highest BCUT2D eigenvalue weighted by Crippen LogP contribution is 2.32. The quantitative estimate of drug-likeness (QED) is 0.396. The number of piperidine rings is 1. The average molecular weight is 428 g/mol. The van der Waals surface area contributed by atoms with Crippen molar-refractivity contribution in [3.05, 3.63) is 40.8 Å². The summed E-state index contributed by atoms with van der Waals surface area (Å²) in [6.07, 6.45) is 3.39. The third-order valence-electron chi connectivity index (χ3n) is 5.72. The third-order valence-corrected chi connectivity index (χ3v) is 6.04. The van der Waals surface area contributed by atoms with Gasteiger partial charge in [0.15, 0.2) is 0 Å². The highest BCUT2D eigenvalue weighted by molar-refractivity contribution is 6.36. The number of rotatable bonds is 5. The SMILES string of the molecule is CC(C)N1CCC(Nc2ncnc(N)c2C(=N)c2cc3c(Cl)ccc(O)c3[nH]2)CC1. The van der Waals surface area contributed by atoms with E-state index in [9.17, 15) is 5.11 Å². The molecule has 0 aliphatic carbocycles. The number of benzene rings is 1. The zero-order valence-corrected chi connectivity index (χ0v) is 17.8. The molecule has 6 N–H and O–H groups in total. The Hall–Kier alpha value is -2.84. The van der Waals surface area contributed by atoms with E-state index in [1.54, 1.807) is 12.1 Å². The molecule has 1 aliphatic heterocycles. The molecule has 3 heterocycles. The Morgan fingerprint density at radius 3 is 2.73 bits per heavy atom. The maximum atomic E-state index is 10.1. The number of halogens is 1. The van der Waals surface area contributed by atoms with Crippen LogP contribution in [0.15, 0.2) is 24.5 Å². The largest absolute Gasteiger partial charge is 0.506 e. The molecule has 0 saturated carbocycles. The number of aromatic hydroxyl groups is 1. The molecule has 0 atom stereocenters. The summed E-state index contributed by atoms with van der Waals surface area (Å²) in [7, 11) is 0. The Labute approximate surface area is 180 Å². The van der Waals surface area contributed by atoms with E-state index in [2.05, 4.69) is 39.0 Å². The summed E-state index contributed by atoms with van der Waals surface area (Å²) >= 11 is 6.25. The van der Waals surface area contributed by atoms with E-state index in [1.165, 1.54) is 12.4 Å². The molecule has 158 valence electrons. The summed E-state index contributed by atoms with van der Waals surface area (Å²) in [5, 5.41) is 23.5. The van der Waals surface area contributed by atoms with Crippen LogP contribution in [0.2, 0.25) is 5.02 Å². The predicted octanol–water partition coefficient (Wildman–Crippen LogP) is 3.60. The molecule has 3 aromatic rings. The van der Waals surface area contributed by atoms with E-state index in [0.29, 0.717) is 39.0 Å². The molecule has 30 heavy (non-hydrogen) atoms. The van der Waals surface area contributed by atoms with Crippen molar-refractivity contribution in [3.63, 3.8) is 0 Å². The molecule has 1 saturated heterocycles. The molecule has 4 rings (SSSR count). The number of phenols is 1. The van der Waals surface area contributed by atoms with Gasteiger partial charge in [-0.3, -0.25) is 5.41 Å². The monoisotopic (exact) mass is 427 g/mol. The van der Waals surface area contributed by atoms with Crippen LogP contribution in [0, 0.1) is 5.41 Å². The van der Waals surface area contributed by atoms with Gasteiger partial charge >= 0.3 is 0 Å². The van der Waals surface area contributed by atoms with Crippen molar-refractivity contribution in [1.82, 2.24) is 19.9 Å². The van der Waals surface area contributed by atoms with E-state index in [1.807, 2.05) is 0 Å². The van der Waals surface area contributed by atoms with E-state index < -0.39 is 0 Å². The van der Waals surface area contributed by atoms with Gasteiger partial charge in [0.2, 0.25) is 0 Å². The van der Waals surface area contributed by atoms with Crippen molar-refractivity contribution in [2.45, 2.75) is 38.8 Å². The summed E-state index contributed by atoms with van der Waals surface area (Å²) < 4.78 is 0. The first kappa shape index (κ1) is 20.4. The summed E-state index contributed by atoms with van der Waals surface area (Å²) in [6, 6.07) is 5.66. The van der Waals surface area contributed by atoms with Gasteiger partial charge in [-0.25, -0.2) is 9.97 Å². The Balaban J connectivity index is 1.63. The number of hydrogen-bond acceptors (Lipinski definition) is 7. The van der Waals surface area contributed by atoms with E-state index in [0.717, 1.165) is 25.9 Å². The van der Waals surface area contributed by atoms with E-state index >= 15 is 0 Å². The Morgan fingerprint density at radius 2 is 2.07 bits per heavy atom. The lowest BCUT2D eigenvalue weighted by atomic mass is 10.0. The van der Waals surface area contributed by atoms with Gasteiger partial charge in [-0.1, -0.05) is 11.6 Å². The minimum atomic E-state index is 0.0704. The maximum absolute atomic E-state index is 10.1. The molecule has 1 fully saturated rings. The van der Waals surface area contributed by atoms with Crippen LogP contribution in [0.25, 0.3) is 10.9 Å². The zero-order chi connectivity index (χ0) is 21.4. The molecule has 8 nitrogen and oxygen atoms in total. The predicted molar refractivity (Wildman–Crippen MR) is 121 cm³/mol. The Morgan fingerprint density at radius 1 is 1.33 bits per heavy atom. The first-order valence-electron chi connectivity index (χ1n) is 10.1. The standard InChI is InChI=1S/C21H26ClN7O/c1-11(2)29-7-5-12(6-8-29)27-21-17(20(24)25-10-26-21)18(23)15-9-13-14(22)3-4-16(30)19(13)28-15/h3-4,9-12,23,28,30H,5-8H2,1-2H3,(H3,24,25,26,27). The number of nitrogen functional groups attached to an aromatic ring is 1. The minimum absolute atomic E-state index is 0.0704. The van der Waals surface area contributed by atoms with Gasteiger partial charge < -0.3 is 26.0 Å². The summed E-state index contributed by atoms with van der Waals surface area (Å²) in [4.78, 5) is 14.0. The molecule has 9 heteroatoms. The smallest absolute Gasteiger partial charge is 0.141 e. The van der Waals surface area contributed by atoms with E-state index in [-0.39, 0.29) is 23.3 Å². The van der Waals surface area contributed by atoms with Crippen LogP contribution in [0.1, 0.15) is 37.9 Å². The van der Waals surface area contributed by atoms with Gasteiger partial charge in [-0.15, -0.1) is 0 Å². The second-order valence-corrected chi connectivity index (χ2v) is 8.35. The molecule has 0 spiro atoms. The molecule has 1 aromatic carbocycles. The first-order chi connectivity index (χ1) is 14.3. The number of phenolic OH excluding ortho intramolecular Hbond substituents is 1. The van der Waals surface area contributed by atoms with Crippen LogP contribution in [0.3, 0.4) is 0 Å². The van der Waals surface area contributed by atoms with Crippen LogP contribution in [0.5, 0.6) is 5.75 Å². The molecule has 0 unspecified atom stereocenters. The number of likely N-dealkylation sites (tertiary alicyclic amines) is 1. The fraction of sp³-hybridized carbons (Fsp3) is 0.381. The zero-order valence-electron chi connectivity index (χ0n) is 17.0. The number of nitrogens with zero attached hydrogens (tertiary/aromatic N) is 3. The molecule has 0 amide bonds. The molecular formula is C21H26ClN7O. The van der Waals surface area contributed by atoms with Gasteiger partial charge in [0.05, 0.1) is 27.5 Å². The van der Waals surface area contributed by atoms with Gasteiger partial charge in [-0.05, 0) is 44.9 Å². The Kier molecular flexibility index (Phi) is 5.53. The van der Waals surface area contributed by atoms with Crippen molar-refractivity contribution >= 4 is 39.9 Å². The number of hydrogen-bond donors (Lipinski definition) is 5. The second kappa shape index (κ2) is 8.12. The van der Waals surface area contributed by atoms with E-state index in [4.69, 9.17) is 22.7 Å². The summed E-state index contributed by atoms with van der Waals surface area (Å²) in [5.74, 6) is 0.844. The third kappa shape index (κ3) is 3.80. The number of fused-ring (bicyclic) bond motifs is 1. The molecular weight excluding hydrogens is 402 g/mol. The van der Waals surface area contributed by atoms with Crippen molar-refractivity contribution < 1.29 is 5.11 Å². The number of nitrogens with two attached hydrogens (primary N) is 1. The van der Waals surface area contributed by atoms with Gasteiger partial charge in [0.1, 0.15) is 23.7 Å². The van der Waals surface area contributed by atoms with Crippen molar-refractivity contribution in [2.75, 3.05) is 24.1 Å². The highest BCUT2D eigenvalue weighted by Gasteiger charge is 2.24. The topological polar surface area (TPSA) is 127 Å². The fourth-order valence-electron chi connectivity index (χ4n) is 3.95. The second-order valence-electron chi connectivity index (χ2n) is 7.94. The van der Waals surface area contributed by atoms with Crippen molar-refractivity contribution in [3.8, 4) is 5.75 Å². The van der Waals surface area contributed by atoms with Crippen LogP contribution in [-0.2, 0) is 0 Å². The molecule has 2 aromatic heterocycles. The van der Waals surface area contributed by atoms with Crippen LogP contribution in [0.4, 0.5) is 11.6 Å². The number of aromatic nitrogens is 3. The van der Waals surface area contributed by atoms with Crippen LogP contribution >= 0.6 is 11.6 Å². The highest BCUT2D eigenvalue weighted by atomic mass is 35.5. The van der Waals surface area contributed by atoms with Crippen molar-refractivity contribution in [2.24, 2.45) is 0 Å². The van der Waals surface area contributed by atoms with Gasteiger partial charge in [0.25, 0.3) is 0 Å². The molecule has 0 bridgehead atoms. The normalized spacial score (nSPS) is 15.7. The summed E-state index contributed by atoms with van der Waals surface area (Å²) in [5.41, 5.74) is 7.69. The Bertz CT molecular complexity index is 1050. The van der Waals surface area contributed by atoms with Crippen molar-refractivity contribution in [1.29, 1.82) is 5.41 Å². The summed E-state index contributed by atoms with van der Waals surface area (Å²) in [6.45, 7) is 6.45. The lowest BCUT2D eigenvalue weighted by Gasteiger charge is -2.35.